The average molecular weight is 740 g/mol. The molecule has 2 aliphatic heterocycles. The highest BCUT2D eigenvalue weighted by Gasteiger charge is 2.34. The molecule has 0 aliphatic carbocycles. The number of pyridine rings is 2. The van der Waals surface area contributed by atoms with Gasteiger partial charge in [-0.2, -0.15) is 13.2 Å². The molecule has 1 aromatic carbocycles. The number of carbonyl (C=O) groups is 2. The highest BCUT2D eigenvalue weighted by molar-refractivity contribution is 7.13. The van der Waals surface area contributed by atoms with Crippen LogP contribution in [-0.2, 0) is 10.9 Å². The zero-order valence-corrected chi connectivity index (χ0v) is 30.6. The Labute approximate surface area is 304 Å². The van der Waals surface area contributed by atoms with Crippen LogP contribution in [0.2, 0.25) is 0 Å². The largest absolute Gasteiger partial charge is 0.434 e. The van der Waals surface area contributed by atoms with Crippen molar-refractivity contribution in [2.45, 2.75) is 52.8 Å². The molecular weight excluding hydrogens is 696 g/mol. The zero-order chi connectivity index (χ0) is 37.2. The SMILES string of the molecule is CCNC(=O)Nc1cc(-c2nc(C(F)(F)F)cs2)c(-c2ccc3c(c2)c(=O)c(C(C)=O)cn3[C@@H]2CCCN(CC(C)(C)CN3CCOCC3)C2)cn1. The van der Waals surface area contributed by atoms with Crippen molar-refractivity contribution >= 4 is 39.9 Å². The molecule has 0 bridgehead atoms. The van der Waals surface area contributed by atoms with E-state index in [1.807, 2.05) is 10.6 Å². The number of anilines is 1. The van der Waals surface area contributed by atoms with E-state index < -0.39 is 23.3 Å². The van der Waals surface area contributed by atoms with Crippen molar-refractivity contribution in [3.8, 4) is 21.7 Å². The molecule has 0 unspecified atom stereocenters. The number of piperidine rings is 1. The number of amides is 2. The molecule has 0 radical (unpaired) electrons. The number of ether oxygens (including phenoxy) is 1. The number of hydrogen-bond donors (Lipinski definition) is 2. The van der Waals surface area contributed by atoms with E-state index in [9.17, 15) is 27.6 Å². The van der Waals surface area contributed by atoms with Gasteiger partial charge in [-0.1, -0.05) is 19.9 Å². The molecule has 11 nitrogen and oxygen atoms in total. The fourth-order valence-corrected chi connectivity index (χ4v) is 8.13. The van der Waals surface area contributed by atoms with E-state index in [1.165, 1.54) is 19.2 Å². The number of thiazole rings is 1. The molecule has 2 aliphatic rings. The summed E-state index contributed by atoms with van der Waals surface area (Å²) < 4.78 is 48.3. The fourth-order valence-electron chi connectivity index (χ4n) is 7.28. The normalized spacial score (nSPS) is 17.7. The van der Waals surface area contributed by atoms with Crippen molar-refractivity contribution in [1.82, 2.24) is 29.7 Å². The number of aromatic nitrogens is 3. The monoisotopic (exact) mass is 739 g/mol. The number of nitrogens with zero attached hydrogens (tertiary/aromatic N) is 5. The third kappa shape index (κ3) is 8.54. The molecule has 278 valence electrons. The molecule has 2 fully saturated rings. The van der Waals surface area contributed by atoms with Crippen LogP contribution in [0.4, 0.5) is 23.8 Å². The van der Waals surface area contributed by atoms with Gasteiger partial charge in [-0.15, -0.1) is 11.3 Å². The minimum absolute atomic E-state index is 0.00736. The summed E-state index contributed by atoms with van der Waals surface area (Å²) in [5.74, 6) is -0.235. The Kier molecular flexibility index (Phi) is 11.1. The van der Waals surface area contributed by atoms with Gasteiger partial charge in [0.05, 0.1) is 24.3 Å². The Balaban J connectivity index is 1.37. The van der Waals surface area contributed by atoms with Crippen LogP contribution >= 0.6 is 11.3 Å². The number of hydrogen-bond acceptors (Lipinski definition) is 9. The molecule has 2 saturated heterocycles. The molecule has 4 aromatic rings. The summed E-state index contributed by atoms with van der Waals surface area (Å²) in [5, 5.41) is 6.52. The molecule has 1 atom stereocenters. The average Bonchev–Trinajstić information content (AvgIpc) is 3.60. The maximum Gasteiger partial charge on any atom is 0.434 e. The van der Waals surface area contributed by atoms with Crippen molar-refractivity contribution < 1.29 is 27.5 Å². The van der Waals surface area contributed by atoms with Crippen LogP contribution in [0.15, 0.2) is 46.8 Å². The first-order valence-corrected chi connectivity index (χ1v) is 18.4. The Morgan fingerprint density at radius 2 is 1.81 bits per heavy atom. The van der Waals surface area contributed by atoms with Crippen molar-refractivity contribution in [3.05, 3.63) is 63.5 Å². The first-order chi connectivity index (χ1) is 24.7. The zero-order valence-electron chi connectivity index (χ0n) is 29.8. The third-order valence-corrected chi connectivity index (χ3v) is 10.4. The van der Waals surface area contributed by atoms with Gasteiger partial charge in [0, 0.05) is 79.6 Å². The van der Waals surface area contributed by atoms with Gasteiger partial charge < -0.3 is 19.5 Å². The Hall–Kier alpha value is -4.18. The summed E-state index contributed by atoms with van der Waals surface area (Å²) in [6.45, 7) is 15.0. The van der Waals surface area contributed by atoms with E-state index in [4.69, 9.17) is 4.74 Å². The summed E-state index contributed by atoms with van der Waals surface area (Å²) in [6, 6.07) is 6.25. The second-order valence-electron chi connectivity index (χ2n) is 14.3. The van der Waals surface area contributed by atoms with Crippen LogP contribution in [0.5, 0.6) is 0 Å². The van der Waals surface area contributed by atoms with Crippen LogP contribution < -0.4 is 16.1 Å². The fraction of sp³-hybridized carbons (Fsp3) is 0.486. The molecule has 2 N–H and O–H groups in total. The third-order valence-electron chi connectivity index (χ3n) is 9.51. The number of Topliss-reactive ketones (excluding diaryl/α,β-unsaturated/α-hetero) is 1. The van der Waals surface area contributed by atoms with Crippen molar-refractivity contribution in [3.63, 3.8) is 0 Å². The van der Waals surface area contributed by atoms with Gasteiger partial charge in [0.1, 0.15) is 10.8 Å². The number of likely N-dealkylation sites (tertiary alicyclic amines) is 1. The number of fused-ring (bicyclic) bond motifs is 1. The van der Waals surface area contributed by atoms with Gasteiger partial charge >= 0.3 is 12.2 Å². The molecule has 3 aromatic heterocycles. The predicted octanol–water partition coefficient (Wildman–Crippen LogP) is 6.55. The van der Waals surface area contributed by atoms with Crippen LogP contribution in [-0.4, -0.2) is 95.2 Å². The molecule has 52 heavy (non-hydrogen) atoms. The number of morpholine rings is 1. The lowest BCUT2D eigenvalue weighted by molar-refractivity contribution is -0.140. The van der Waals surface area contributed by atoms with E-state index >= 15 is 0 Å². The number of urea groups is 1. The Morgan fingerprint density at radius 3 is 2.50 bits per heavy atom. The van der Waals surface area contributed by atoms with E-state index in [2.05, 4.69) is 44.2 Å². The molecule has 0 spiro atoms. The highest BCUT2D eigenvalue weighted by atomic mass is 32.1. The first-order valence-electron chi connectivity index (χ1n) is 17.5. The second-order valence-corrected chi connectivity index (χ2v) is 15.1. The predicted molar refractivity (Wildman–Crippen MR) is 196 cm³/mol. The number of benzene rings is 1. The number of nitrogens with one attached hydrogen (secondary N) is 2. The lowest BCUT2D eigenvalue weighted by Crippen LogP contribution is -2.48. The van der Waals surface area contributed by atoms with Crippen molar-refractivity contribution in [2.75, 3.05) is 64.3 Å². The maximum atomic E-state index is 13.9. The van der Waals surface area contributed by atoms with Gasteiger partial charge in [0.15, 0.2) is 16.9 Å². The smallest absolute Gasteiger partial charge is 0.379 e. The molecule has 6 rings (SSSR count). The molecule has 5 heterocycles. The van der Waals surface area contributed by atoms with E-state index in [-0.39, 0.29) is 33.6 Å². The van der Waals surface area contributed by atoms with Gasteiger partial charge in [0.25, 0.3) is 0 Å². The van der Waals surface area contributed by atoms with E-state index in [0.717, 1.165) is 82.0 Å². The summed E-state index contributed by atoms with van der Waals surface area (Å²) in [4.78, 5) is 52.1. The minimum Gasteiger partial charge on any atom is -0.379 e. The molecule has 2 amide bonds. The molecule has 0 saturated carbocycles. The molecular formula is C37H44F3N7O4S. The number of ketones is 1. The topological polar surface area (TPSA) is 122 Å². The maximum absolute atomic E-state index is 13.9. The van der Waals surface area contributed by atoms with Gasteiger partial charge in [-0.3, -0.25) is 19.8 Å². The minimum atomic E-state index is -4.64. The van der Waals surface area contributed by atoms with Crippen molar-refractivity contribution in [2.24, 2.45) is 5.41 Å². The number of alkyl halides is 3. The summed E-state index contributed by atoms with van der Waals surface area (Å²) in [5.41, 5.74) is 0.538. The van der Waals surface area contributed by atoms with Gasteiger partial charge in [0.2, 0.25) is 0 Å². The van der Waals surface area contributed by atoms with Crippen molar-refractivity contribution in [1.29, 1.82) is 0 Å². The van der Waals surface area contributed by atoms with Crippen LogP contribution in [0.1, 0.15) is 62.6 Å². The van der Waals surface area contributed by atoms with Crippen LogP contribution in [0, 0.1) is 5.41 Å². The summed E-state index contributed by atoms with van der Waals surface area (Å²) >= 11 is 0.813. The molecule has 15 heteroatoms. The summed E-state index contributed by atoms with van der Waals surface area (Å²) in [7, 11) is 0. The lowest BCUT2D eigenvalue weighted by Gasteiger charge is -2.41. The van der Waals surface area contributed by atoms with E-state index in [0.29, 0.717) is 34.1 Å². The number of carbonyl (C=O) groups excluding carboxylic acids is 2. The Bertz CT molecular complexity index is 2010. The van der Waals surface area contributed by atoms with E-state index in [1.54, 1.807) is 25.3 Å². The number of rotatable bonds is 10. The number of halogens is 3. The van der Waals surface area contributed by atoms with Crippen LogP contribution in [0.25, 0.3) is 32.6 Å². The van der Waals surface area contributed by atoms with Crippen LogP contribution in [0.3, 0.4) is 0 Å². The standard InChI is InChI=1S/C37H44F3N7O4S/c1-5-41-35(50)44-32-16-26(34-43-31(20-52-34)37(38,39)40)28(17-42-32)24-8-9-30-27(15-24)33(49)29(23(2)48)19-47(30)25-7-6-10-46(18-25)22-36(3,4)21-45-11-13-51-14-12-45/h8-9,15-17,19-20,25H,5-7,10-14,18,21-22H2,1-4H3,(H2,41,42,44,50)/t25-/m1/s1. The second kappa shape index (κ2) is 15.4. The Morgan fingerprint density at radius 1 is 1.06 bits per heavy atom. The lowest BCUT2D eigenvalue weighted by atomic mass is 9.90. The van der Waals surface area contributed by atoms with Gasteiger partial charge in [-0.05, 0) is 62.4 Å². The highest BCUT2D eigenvalue weighted by Crippen LogP contribution is 2.39. The summed E-state index contributed by atoms with van der Waals surface area (Å²) in [6.07, 6.45) is 0.310. The van der Waals surface area contributed by atoms with Gasteiger partial charge in [-0.25, -0.2) is 14.8 Å². The quantitative estimate of drug-likeness (QED) is 0.176. The first kappa shape index (κ1) is 37.6.